The van der Waals surface area contributed by atoms with Crippen molar-refractivity contribution in [3.05, 3.63) is 219 Å². The lowest BCUT2D eigenvalue weighted by Gasteiger charge is -2.50. The second-order valence-electron chi connectivity index (χ2n) is 13.6. The number of Topliss-reactive ketones (excluding diaryl/α,β-unsaturated/α-hetero) is 1. The van der Waals surface area contributed by atoms with Crippen LogP contribution in [0.15, 0.2) is 186 Å². The average molecular weight is 742 g/mol. The number of allylic oxidation sites excluding steroid dienone is 2. The van der Waals surface area contributed by atoms with Crippen LogP contribution in [0.3, 0.4) is 0 Å². The van der Waals surface area contributed by atoms with Crippen molar-refractivity contribution in [2.24, 2.45) is 0 Å². The molecule has 3 aliphatic rings. The molecule has 0 N–H and O–H groups in total. The number of benzene rings is 5. The molecule has 1 aliphatic carbocycles. The molecule has 0 unspecified atom stereocenters. The van der Waals surface area contributed by atoms with E-state index in [0.29, 0.717) is 16.7 Å². The Morgan fingerprint density at radius 3 is 1.62 bits per heavy atom. The number of esters is 2. The van der Waals surface area contributed by atoms with Gasteiger partial charge in [0.05, 0.1) is 21.3 Å². The Labute approximate surface area is 325 Å². The van der Waals surface area contributed by atoms with Gasteiger partial charge in [0.2, 0.25) is 11.4 Å². The van der Waals surface area contributed by atoms with Crippen molar-refractivity contribution in [3.63, 3.8) is 0 Å². The fourth-order valence-electron chi connectivity index (χ4n) is 8.27. The van der Waals surface area contributed by atoms with E-state index in [9.17, 15) is 9.59 Å². The van der Waals surface area contributed by atoms with Gasteiger partial charge >= 0.3 is 11.9 Å². The number of carbonyl (C=O) groups excluding carboxylic acids is 3. The number of fused-ring (bicyclic) bond motifs is 3. The second kappa shape index (κ2) is 15.2. The average Bonchev–Trinajstić information content (AvgIpc) is 3.26. The molecule has 5 aromatic rings. The monoisotopic (exact) mass is 741 g/mol. The molecule has 0 amide bonds. The highest BCUT2D eigenvalue weighted by atomic mass is 16.6. The summed E-state index contributed by atoms with van der Waals surface area (Å²) in [5.74, 6) is -3.50. The maximum absolute atomic E-state index is 16.2. The van der Waals surface area contributed by atoms with Crippen molar-refractivity contribution in [2.75, 3.05) is 21.3 Å². The van der Waals surface area contributed by atoms with Crippen LogP contribution in [0.2, 0.25) is 0 Å². The second-order valence-corrected chi connectivity index (χ2v) is 13.6. The Morgan fingerprint density at radius 1 is 0.643 bits per heavy atom. The lowest BCUT2D eigenvalue weighted by molar-refractivity contribution is -0.174. The van der Waals surface area contributed by atoms with Gasteiger partial charge in [-0.2, -0.15) is 0 Å². The Kier molecular flexibility index (Phi) is 9.81. The summed E-state index contributed by atoms with van der Waals surface area (Å²) < 4.78 is 24.6. The van der Waals surface area contributed by atoms with Gasteiger partial charge in [0.25, 0.3) is 0 Å². The first-order valence-electron chi connectivity index (χ1n) is 18.3. The molecule has 8 rings (SSSR count). The predicted molar refractivity (Wildman–Crippen MR) is 212 cm³/mol. The van der Waals surface area contributed by atoms with Crippen LogP contribution < -0.4 is 0 Å². The van der Waals surface area contributed by atoms with Crippen LogP contribution >= 0.6 is 0 Å². The first kappa shape index (κ1) is 36.2. The molecular weight excluding hydrogens is 703 g/mol. The third-order valence-corrected chi connectivity index (χ3v) is 10.7. The Hall–Kier alpha value is -6.77. The van der Waals surface area contributed by atoms with Gasteiger partial charge < -0.3 is 23.8 Å². The highest BCUT2D eigenvalue weighted by Gasteiger charge is 2.63. The van der Waals surface area contributed by atoms with Crippen LogP contribution in [0.5, 0.6) is 0 Å². The van der Waals surface area contributed by atoms with Crippen LogP contribution in [0.1, 0.15) is 51.4 Å². The number of ketones is 1. The third-order valence-electron chi connectivity index (χ3n) is 10.7. The molecule has 1 spiro atoms. The summed E-state index contributed by atoms with van der Waals surface area (Å²) in [6, 6.07) is 46.8. The molecular formula is C48H39NO7. The summed E-state index contributed by atoms with van der Waals surface area (Å²) in [7, 11) is 3.90. The van der Waals surface area contributed by atoms with Gasteiger partial charge in [-0.05, 0) is 40.0 Å². The van der Waals surface area contributed by atoms with Crippen LogP contribution in [0.25, 0.3) is 6.08 Å². The van der Waals surface area contributed by atoms with Gasteiger partial charge in [0.15, 0.2) is 6.23 Å². The van der Waals surface area contributed by atoms with Gasteiger partial charge in [-0.1, -0.05) is 146 Å². The van der Waals surface area contributed by atoms with Gasteiger partial charge in [-0.15, -0.1) is 0 Å². The number of carbonyl (C=O) groups is 3. The lowest BCUT2D eigenvalue weighted by atomic mass is 9.67. The fraction of sp³-hybridized carbons (Fsp3) is 0.146. The predicted octanol–water partition coefficient (Wildman–Crippen LogP) is 8.41. The molecule has 8 heteroatoms. The van der Waals surface area contributed by atoms with Gasteiger partial charge in [-0.3, -0.25) is 4.79 Å². The Bertz CT molecular complexity index is 2340. The van der Waals surface area contributed by atoms with Gasteiger partial charge in [-0.25, -0.2) is 9.59 Å². The number of hydrogen-bond donors (Lipinski definition) is 0. The minimum atomic E-state index is -2.34. The summed E-state index contributed by atoms with van der Waals surface area (Å²) in [5, 5.41) is 0. The van der Waals surface area contributed by atoms with E-state index in [1.54, 1.807) is 6.20 Å². The van der Waals surface area contributed by atoms with E-state index < -0.39 is 41.4 Å². The SMILES string of the molecule is COC(=O)C1=C(C(=O)OC)[C@@]2(O[C@@H]3c4ccccc4C=CN13)C(=O)C(C(c1ccccc1)c1ccccc1)=CC(C(c1ccccc1)c1ccccc1)=C2OC. The minimum absolute atomic E-state index is 0.0531. The standard InChI is InChI=1S/C48H39NO7/c1-53-44-38(40(34-23-12-6-13-24-34)35-25-14-7-15-26-35)30-37(39(32-19-8-4-9-20-32)33-21-10-5-11-22-33)43(50)48(44)41(46(51)54-2)42(47(52)55-3)49-29-28-31-18-16-17-27-36(31)45(49)56-48/h4-30,39-40,45H,1-3H3/t45-,48-/m1/s1. The Balaban J connectivity index is 1.54. The first-order chi connectivity index (χ1) is 27.4. The van der Waals surface area contributed by atoms with E-state index in [1.807, 2.05) is 158 Å². The quantitative estimate of drug-likeness (QED) is 0.139. The van der Waals surface area contributed by atoms with E-state index in [4.69, 9.17) is 18.9 Å². The molecule has 2 heterocycles. The largest absolute Gasteiger partial charge is 0.497 e. The minimum Gasteiger partial charge on any atom is -0.497 e. The highest BCUT2D eigenvalue weighted by molar-refractivity contribution is 6.17. The van der Waals surface area contributed by atoms with Gasteiger partial charge in [0, 0.05) is 34.7 Å². The maximum Gasteiger partial charge on any atom is 0.355 e. The number of methoxy groups -OCH3 is 3. The Morgan fingerprint density at radius 2 is 1.12 bits per heavy atom. The molecule has 8 nitrogen and oxygen atoms in total. The normalized spacial score (nSPS) is 18.8. The number of hydrogen-bond acceptors (Lipinski definition) is 8. The maximum atomic E-state index is 16.2. The van der Waals surface area contributed by atoms with E-state index in [-0.39, 0.29) is 17.0 Å². The highest BCUT2D eigenvalue weighted by Crippen LogP contribution is 2.55. The van der Waals surface area contributed by atoms with E-state index in [2.05, 4.69) is 0 Å². The van der Waals surface area contributed by atoms with Crippen LogP contribution in [-0.4, -0.2) is 49.6 Å². The van der Waals surface area contributed by atoms with Crippen molar-refractivity contribution in [1.82, 2.24) is 4.90 Å². The zero-order valence-electron chi connectivity index (χ0n) is 31.1. The lowest BCUT2D eigenvalue weighted by Crippen LogP contribution is -2.58. The smallest absolute Gasteiger partial charge is 0.355 e. The number of ether oxygens (including phenoxy) is 4. The zero-order valence-corrected chi connectivity index (χ0v) is 31.1. The van der Waals surface area contributed by atoms with Crippen LogP contribution in [0.4, 0.5) is 0 Å². The molecule has 0 bridgehead atoms. The molecule has 0 fully saturated rings. The molecule has 0 saturated heterocycles. The zero-order chi connectivity index (χ0) is 38.8. The van der Waals surface area contributed by atoms with Crippen molar-refractivity contribution >= 4 is 23.8 Å². The molecule has 0 aromatic heterocycles. The summed E-state index contributed by atoms with van der Waals surface area (Å²) in [4.78, 5) is 46.5. The molecule has 2 atom stereocenters. The summed E-state index contributed by atoms with van der Waals surface area (Å²) in [6.45, 7) is 0. The summed E-state index contributed by atoms with van der Waals surface area (Å²) in [6.07, 6.45) is 4.30. The molecule has 2 aliphatic heterocycles. The fourth-order valence-corrected chi connectivity index (χ4v) is 8.27. The van der Waals surface area contributed by atoms with Crippen LogP contribution in [-0.2, 0) is 33.3 Å². The molecule has 5 aromatic carbocycles. The number of rotatable bonds is 9. The summed E-state index contributed by atoms with van der Waals surface area (Å²) in [5.41, 5.74) is 2.97. The first-order valence-corrected chi connectivity index (χ1v) is 18.3. The molecule has 0 radical (unpaired) electrons. The van der Waals surface area contributed by atoms with Crippen molar-refractivity contribution in [2.45, 2.75) is 23.7 Å². The molecule has 0 saturated carbocycles. The van der Waals surface area contributed by atoms with Crippen LogP contribution in [0, 0.1) is 0 Å². The van der Waals surface area contributed by atoms with Crippen molar-refractivity contribution < 1.29 is 33.3 Å². The van der Waals surface area contributed by atoms with Crippen molar-refractivity contribution in [1.29, 1.82) is 0 Å². The third kappa shape index (κ3) is 5.95. The number of nitrogens with zero attached hydrogens (tertiary/aromatic N) is 1. The van der Waals surface area contributed by atoms with E-state index in [0.717, 1.165) is 27.8 Å². The van der Waals surface area contributed by atoms with E-state index >= 15 is 4.79 Å². The molecule has 278 valence electrons. The summed E-state index contributed by atoms with van der Waals surface area (Å²) >= 11 is 0. The van der Waals surface area contributed by atoms with Gasteiger partial charge in [0.1, 0.15) is 17.0 Å². The topological polar surface area (TPSA) is 91.4 Å². The van der Waals surface area contributed by atoms with Crippen molar-refractivity contribution in [3.8, 4) is 0 Å². The van der Waals surface area contributed by atoms with E-state index in [1.165, 1.54) is 26.2 Å². The molecule has 56 heavy (non-hydrogen) atoms.